The van der Waals surface area contributed by atoms with E-state index in [1.54, 1.807) is 37.3 Å². The summed E-state index contributed by atoms with van der Waals surface area (Å²) in [6, 6.07) is 11.2. The predicted molar refractivity (Wildman–Crippen MR) is 85.9 cm³/mol. The lowest BCUT2D eigenvalue weighted by Crippen LogP contribution is -2.32. The number of benzene rings is 2. The number of para-hydroxylation sites is 1. The molecule has 0 saturated carbocycles. The summed E-state index contributed by atoms with van der Waals surface area (Å²) in [5.74, 6) is -0.745. The molecule has 0 aromatic heterocycles. The lowest BCUT2D eigenvalue weighted by Gasteiger charge is -2.18. The van der Waals surface area contributed by atoms with E-state index in [0.717, 1.165) is 5.56 Å². The Morgan fingerprint density at radius 3 is 2.68 bits per heavy atom. The van der Waals surface area contributed by atoms with Crippen LogP contribution in [0.1, 0.15) is 18.9 Å². The van der Waals surface area contributed by atoms with E-state index < -0.39 is 11.9 Å². The molecule has 116 valence electrons. The monoisotopic (exact) mass is 321 g/mol. The topological polar surface area (TPSA) is 38.3 Å². The average Bonchev–Trinajstić information content (AvgIpc) is 2.49. The second kappa shape index (κ2) is 7.27. The van der Waals surface area contributed by atoms with Gasteiger partial charge in [0.05, 0.1) is 0 Å². The second-order valence-corrected chi connectivity index (χ2v) is 5.33. The number of carbonyl (C=O) groups excluding carboxylic acids is 1. The SMILES string of the molecule is CC[C@H](Oc1ccccc1F)C(=O)Nc1ccc(Cl)cc1C. The number of halogens is 2. The van der Waals surface area contributed by atoms with E-state index in [-0.39, 0.29) is 11.7 Å². The molecule has 1 amide bonds. The maximum Gasteiger partial charge on any atom is 0.265 e. The van der Waals surface area contributed by atoms with Crippen molar-refractivity contribution in [1.29, 1.82) is 0 Å². The largest absolute Gasteiger partial charge is 0.478 e. The molecule has 3 nitrogen and oxygen atoms in total. The van der Waals surface area contributed by atoms with Gasteiger partial charge >= 0.3 is 0 Å². The number of carbonyl (C=O) groups is 1. The van der Waals surface area contributed by atoms with E-state index in [9.17, 15) is 9.18 Å². The van der Waals surface area contributed by atoms with E-state index in [2.05, 4.69) is 5.32 Å². The van der Waals surface area contributed by atoms with Crippen LogP contribution in [-0.4, -0.2) is 12.0 Å². The molecule has 2 aromatic carbocycles. The number of ether oxygens (including phenoxy) is 1. The third-order valence-corrected chi connectivity index (χ3v) is 3.45. The first kappa shape index (κ1) is 16.3. The van der Waals surface area contributed by atoms with Crippen molar-refractivity contribution in [3.63, 3.8) is 0 Å². The highest BCUT2D eigenvalue weighted by Crippen LogP contribution is 2.22. The summed E-state index contributed by atoms with van der Waals surface area (Å²) in [5, 5.41) is 3.39. The Bertz CT molecular complexity index is 675. The Labute approximate surface area is 134 Å². The normalized spacial score (nSPS) is 11.8. The summed E-state index contributed by atoms with van der Waals surface area (Å²) >= 11 is 5.89. The summed E-state index contributed by atoms with van der Waals surface area (Å²) < 4.78 is 19.1. The fraction of sp³-hybridized carbons (Fsp3) is 0.235. The Hall–Kier alpha value is -2.07. The molecule has 0 aliphatic rings. The molecule has 1 atom stereocenters. The molecule has 0 unspecified atom stereocenters. The van der Waals surface area contributed by atoms with Crippen LogP contribution in [0, 0.1) is 12.7 Å². The Morgan fingerprint density at radius 1 is 1.32 bits per heavy atom. The second-order valence-electron chi connectivity index (χ2n) is 4.89. The maximum atomic E-state index is 13.6. The number of amides is 1. The summed E-state index contributed by atoms with van der Waals surface area (Å²) in [5.41, 5.74) is 1.51. The van der Waals surface area contributed by atoms with Crippen LogP contribution in [0.2, 0.25) is 5.02 Å². The number of aryl methyl sites for hydroxylation is 1. The molecular formula is C17H17ClFNO2. The highest BCUT2D eigenvalue weighted by molar-refractivity contribution is 6.30. The number of rotatable bonds is 5. The first-order chi connectivity index (χ1) is 10.5. The minimum absolute atomic E-state index is 0.0670. The van der Waals surface area contributed by atoms with Gasteiger partial charge in [0.15, 0.2) is 17.7 Å². The molecule has 22 heavy (non-hydrogen) atoms. The van der Waals surface area contributed by atoms with Crippen molar-refractivity contribution < 1.29 is 13.9 Å². The Morgan fingerprint density at radius 2 is 2.05 bits per heavy atom. The molecule has 2 aromatic rings. The molecule has 0 aliphatic carbocycles. The molecule has 0 heterocycles. The van der Waals surface area contributed by atoms with Gasteiger partial charge in [-0.05, 0) is 49.2 Å². The van der Waals surface area contributed by atoms with Gasteiger partial charge in [-0.2, -0.15) is 0 Å². The highest BCUT2D eigenvalue weighted by atomic mass is 35.5. The van der Waals surface area contributed by atoms with Crippen LogP contribution in [0.5, 0.6) is 5.75 Å². The van der Waals surface area contributed by atoms with Gasteiger partial charge in [-0.25, -0.2) is 4.39 Å². The van der Waals surface area contributed by atoms with Gasteiger partial charge in [0.25, 0.3) is 5.91 Å². The van der Waals surface area contributed by atoms with Crippen molar-refractivity contribution >= 4 is 23.2 Å². The van der Waals surface area contributed by atoms with Gasteiger partial charge in [-0.3, -0.25) is 4.79 Å². The van der Waals surface area contributed by atoms with Gasteiger partial charge in [0.1, 0.15) is 0 Å². The number of hydrogen-bond acceptors (Lipinski definition) is 2. The summed E-state index contributed by atoms with van der Waals surface area (Å²) in [6.45, 7) is 3.65. The van der Waals surface area contributed by atoms with Crippen molar-refractivity contribution in [2.24, 2.45) is 0 Å². The molecule has 2 rings (SSSR count). The van der Waals surface area contributed by atoms with Crippen LogP contribution in [0.4, 0.5) is 10.1 Å². The van der Waals surface area contributed by atoms with Crippen LogP contribution >= 0.6 is 11.6 Å². The van der Waals surface area contributed by atoms with Gasteiger partial charge in [-0.15, -0.1) is 0 Å². The van der Waals surface area contributed by atoms with Crippen LogP contribution in [0.15, 0.2) is 42.5 Å². The van der Waals surface area contributed by atoms with Crippen molar-refractivity contribution in [3.8, 4) is 5.75 Å². The summed E-state index contributed by atoms with van der Waals surface area (Å²) in [4.78, 5) is 12.3. The number of anilines is 1. The van der Waals surface area contributed by atoms with Crippen LogP contribution in [0.3, 0.4) is 0 Å². The predicted octanol–water partition coefficient (Wildman–Crippen LogP) is 4.58. The van der Waals surface area contributed by atoms with Crippen LogP contribution in [-0.2, 0) is 4.79 Å². The van der Waals surface area contributed by atoms with Crippen molar-refractivity contribution in [1.82, 2.24) is 0 Å². The van der Waals surface area contributed by atoms with Gasteiger partial charge in [0.2, 0.25) is 0 Å². The van der Waals surface area contributed by atoms with E-state index in [1.165, 1.54) is 12.1 Å². The maximum absolute atomic E-state index is 13.6. The smallest absolute Gasteiger partial charge is 0.265 e. The molecule has 1 N–H and O–H groups in total. The van der Waals surface area contributed by atoms with E-state index in [0.29, 0.717) is 17.1 Å². The molecule has 0 spiro atoms. The zero-order valence-electron chi connectivity index (χ0n) is 12.4. The first-order valence-corrected chi connectivity index (χ1v) is 7.37. The summed E-state index contributed by atoms with van der Waals surface area (Å²) in [7, 11) is 0. The number of hydrogen-bond donors (Lipinski definition) is 1. The number of nitrogens with one attached hydrogen (secondary N) is 1. The van der Waals surface area contributed by atoms with Crippen molar-refractivity contribution in [2.75, 3.05) is 5.32 Å². The molecule has 0 fully saturated rings. The molecule has 5 heteroatoms. The zero-order chi connectivity index (χ0) is 16.1. The van der Waals surface area contributed by atoms with Gasteiger partial charge < -0.3 is 10.1 Å². The van der Waals surface area contributed by atoms with E-state index in [1.807, 2.05) is 6.92 Å². The van der Waals surface area contributed by atoms with Crippen molar-refractivity contribution in [3.05, 3.63) is 58.9 Å². The molecule has 0 radical (unpaired) electrons. The Balaban J connectivity index is 2.10. The fourth-order valence-corrected chi connectivity index (χ4v) is 2.22. The molecule has 0 bridgehead atoms. The third kappa shape index (κ3) is 3.98. The highest BCUT2D eigenvalue weighted by Gasteiger charge is 2.20. The zero-order valence-corrected chi connectivity index (χ0v) is 13.2. The molecular weight excluding hydrogens is 305 g/mol. The van der Waals surface area contributed by atoms with E-state index in [4.69, 9.17) is 16.3 Å². The molecule has 0 aliphatic heterocycles. The summed E-state index contributed by atoms with van der Waals surface area (Å²) in [6.07, 6.45) is -0.348. The minimum atomic E-state index is -0.771. The lowest BCUT2D eigenvalue weighted by molar-refractivity contribution is -0.122. The quantitative estimate of drug-likeness (QED) is 0.875. The van der Waals surface area contributed by atoms with Crippen LogP contribution in [0.25, 0.3) is 0 Å². The third-order valence-electron chi connectivity index (χ3n) is 3.22. The standard InChI is InChI=1S/C17H17ClFNO2/c1-3-15(22-16-7-5-4-6-13(16)19)17(21)20-14-9-8-12(18)10-11(14)2/h4-10,15H,3H2,1-2H3,(H,20,21)/t15-/m0/s1. The van der Waals surface area contributed by atoms with Crippen molar-refractivity contribution in [2.45, 2.75) is 26.4 Å². The molecule has 0 saturated heterocycles. The minimum Gasteiger partial charge on any atom is -0.478 e. The fourth-order valence-electron chi connectivity index (χ4n) is 2.00. The lowest BCUT2D eigenvalue weighted by atomic mass is 10.2. The van der Waals surface area contributed by atoms with E-state index >= 15 is 0 Å². The van der Waals surface area contributed by atoms with Gasteiger partial charge in [-0.1, -0.05) is 30.7 Å². The Kier molecular flexibility index (Phi) is 5.39. The van der Waals surface area contributed by atoms with Gasteiger partial charge in [0, 0.05) is 10.7 Å². The van der Waals surface area contributed by atoms with Crippen LogP contribution < -0.4 is 10.1 Å². The average molecular weight is 322 g/mol. The first-order valence-electron chi connectivity index (χ1n) is 6.99.